The average molecular weight is 432 g/mol. The van der Waals surface area contributed by atoms with Crippen molar-refractivity contribution in [2.45, 2.75) is 13.8 Å². The average Bonchev–Trinajstić information content (AvgIpc) is 2.86. The van der Waals surface area contributed by atoms with E-state index in [2.05, 4.69) is 24.2 Å². The highest BCUT2D eigenvalue weighted by Crippen LogP contribution is 2.31. The van der Waals surface area contributed by atoms with E-state index in [1.807, 2.05) is 56.3 Å². The molecule has 31 heavy (non-hydrogen) atoms. The van der Waals surface area contributed by atoms with Gasteiger partial charge in [0.15, 0.2) is 0 Å². The molecule has 0 aliphatic carbocycles. The van der Waals surface area contributed by atoms with Crippen LogP contribution in [0.1, 0.15) is 21.7 Å². The first-order valence-electron chi connectivity index (χ1n) is 9.66. The SMILES string of the molecule is Cc1ccc2c(c1)OCC(=NC(=O)c1ncc(C)c(-c3ccc(P)cc3)n1)C(=O)N2C. The van der Waals surface area contributed by atoms with Crippen LogP contribution < -0.4 is 14.9 Å². The Morgan fingerprint density at radius 3 is 2.65 bits per heavy atom. The quantitative estimate of drug-likeness (QED) is 0.582. The smallest absolute Gasteiger partial charge is 0.315 e. The van der Waals surface area contributed by atoms with Crippen LogP contribution in [0.4, 0.5) is 5.69 Å². The number of rotatable bonds is 2. The number of aliphatic imine (C=N–C) groups is 1. The summed E-state index contributed by atoms with van der Waals surface area (Å²) in [6, 6.07) is 13.3. The normalized spacial score (nSPS) is 14.8. The molecule has 1 aliphatic heterocycles. The molecule has 8 heteroatoms. The van der Waals surface area contributed by atoms with E-state index in [9.17, 15) is 9.59 Å². The fraction of sp³-hybridized carbons (Fsp3) is 0.174. The number of nitrogens with zero attached hydrogens (tertiary/aromatic N) is 4. The Balaban J connectivity index is 1.65. The van der Waals surface area contributed by atoms with Crippen LogP contribution in [0.3, 0.4) is 0 Å². The van der Waals surface area contributed by atoms with E-state index in [-0.39, 0.29) is 18.1 Å². The summed E-state index contributed by atoms with van der Waals surface area (Å²) in [4.78, 5) is 39.7. The first kappa shape index (κ1) is 20.8. The van der Waals surface area contributed by atoms with E-state index in [0.29, 0.717) is 17.1 Å². The number of hydrogen-bond donors (Lipinski definition) is 0. The number of carbonyl (C=O) groups is 2. The lowest BCUT2D eigenvalue weighted by Gasteiger charge is -2.16. The van der Waals surface area contributed by atoms with Crippen LogP contribution in [0.25, 0.3) is 11.3 Å². The van der Waals surface area contributed by atoms with Crippen molar-refractivity contribution in [3.8, 4) is 17.0 Å². The molecule has 0 N–H and O–H groups in total. The zero-order valence-electron chi connectivity index (χ0n) is 17.4. The highest BCUT2D eigenvalue weighted by atomic mass is 31.0. The van der Waals surface area contributed by atoms with Crippen LogP contribution in [0.15, 0.2) is 53.7 Å². The van der Waals surface area contributed by atoms with Crippen molar-refractivity contribution < 1.29 is 14.3 Å². The maximum atomic E-state index is 12.9. The van der Waals surface area contributed by atoms with Gasteiger partial charge in [-0.25, -0.2) is 15.0 Å². The van der Waals surface area contributed by atoms with Crippen LogP contribution in [-0.2, 0) is 4.79 Å². The van der Waals surface area contributed by atoms with Crippen molar-refractivity contribution in [3.63, 3.8) is 0 Å². The van der Waals surface area contributed by atoms with Crippen molar-refractivity contribution in [1.29, 1.82) is 0 Å². The molecule has 1 aromatic heterocycles. The molecule has 0 bridgehead atoms. The number of hydrogen-bond acceptors (Lipinski definition) is 5. The van der Waals surface area contributed by atoms with E-state index in [1.165, 1.54) is 4.90 Å². The van der Waals surface area contributed by atoms with Gasteiger partial charge in [0, 0.05) is 18.8 Å². The summed E-state index contributed by atoms with van der Waals surface area (Å²) in [5.41, 5.74) is 3.98. The van der Waals surface area contributed by atoms with Crippen molar-refractivity contribution in [1.82, 2.24) is 9.97 Å². The predicted molar refractivity (Wildman–Crippen MR) is 123 cm³/mol. The third kappa shape index (κ3) is 4.23. The Labute approximate surface area is 182 Å². The van der Waals surface area contributed by atoms with Crippen LogP contribution in [0.2, 0.25) is 0 Å². The molecule has 4 rings (SSSR count). The molecule has 2 amide bonds. The van der Waals surface area contributed by atoms with Gasteiger partial charge in [-0.1, -0.05) is 30.3 Å². The molecule has 0 saturated carbocycles. The number of aryl methyl sites for hydroxylation is 2. The summed E-state index contributed by atoms with van der Waals surface area (Å²) in [5, 5.41) is 1.05. The van der Waals surface area contributed by atoms with Gasteiger partial charge in [0.25, 0.3) is 5.91 Å². The lowest BCUT2D eigenvalue weighted by atomic mass is 10.1. The number of fused-ring (bicyclic) bond motifs is 1. The van der Waals surface area contributed by atoms with E-state index in [1.54, 1.807) is 13.2 Å². The van der Waals surface area contributed by atoms with E-state index >= 15 is 0 Å². The van der Waals surface area contributed by atoms with Gasteiger partial charge in [-0.15, -0.1) is 9.24 Å². The minimum absolute atomic E-state index is 0.000520. The molecule has 0 fully saturated rings. The zero-order valence-corrected chi connectivity index (χ0v) is 18.6. The number of benzene rings is 2. The Hall–Kier alpha value is -3.44. The van der Waals surface area contributed by atoms with Crippen LogP contribution in [0.5, 0.6) is 5.75 Å². The first-order valence-corrected chi connectivity index (χ1v) is 10.2. The summed E-state index contributed by atoms with van der Waals surface area (Å²) >= 11 is 0. The Morgan fingerprint density at radius 2 is 1.90 bits per heavy atom. The minimum atomic E-state index is -0.689. The summed E-state index contributed by atoms with van der Waals surface area (Å²) in [5.74, 6) is -0.596. The second-order valence-electron chi connectivity index (χ2n) is 7.33. The Morgan fingerprint density at radius 1 is 1.16 bits per heavy atom. The molecule has 0 saturated heterocycles. The van der Waals surface area contributed by atoms with E-state index < -0.39 is 11.8 Å². The molecule has 1 atom stereocenters. The highest BCUT2D eigenvalue weighted by Gasteiger charge is 2.27. The maximum absolute atomic E-state index is 12.9. The van der Waals surface area contributed by atoms with Crippen LogP contribution >= 0.6 is 9.24 Å². The molecular weight excluding hydrogens is 411 g/mol. The number of amides is 2. The van der Waals surface area contributed by atoms with Crippen LogP contribution in [0, 0.1) is 13.8 Å². The van der Waals surface area contributed by atoms with Gasteiger partial charge in [-0.2, -0.15) is 0 Å². The highest BCUT2D eigenvalue weighted by molar-refractivity contribution is 7.27. The lowest BCUT2D eigenvalue weighted by molar-refractivity contribution is -0.112. The van der Waals surface area contributed by atoms with Gasteiger partial charge in [-0.3, -0.25) is 9.59 Å². The Bertz CT molecular complexity index is 1220. The molecule has 156 valence electrons. The first-order chi connectivity index (χ1) is 14.8. The second-order valence-corrected chi connectivity index (χ2v) is 8.00. The summed E-state index contributed by atoms with van der Waals surface area (Å²) in [6.07, 6.45) is 1.58. The molecule has 2 aromatic carbocycles. The molecule has 2 heterocycles. The number of carbonyl (C=O) groups excluding carboxylic acids is 2. The molecule has 3 aromatic rings. The monoisotopic (exact) mass is 432 g/mol. The standard InChI is InChI=1S/C23H21N4O3P/c1-13-4-9-18-19(10-13)30-12-17(23(29)27(18)3)25-22(28)21-24-11-14(2)20(26-21)15-5-7-16(31)8-6-15/h4-11H,12,31H2,1-3H3. The lowest BCUT2D eigenvalue weighted by Crippen LogP contribution is -2.34. The second kappa shape index (κ2) is 8.36. The number of anilines is 1. The van der Waals surface area contributed by atoms with Crippen LogP contribution in [-0.4, -0.2) is 41.1 Å². The van der Waals surface area contributed by atoms with Gasteiger partial charge in [0.1, 0.15) is 18.1 Å². The number of aromatic nitrogens is 2. The van der Waals surface area contributed by atoms with Gasteiger partial charge in [-0.05, 0) is 42.4 Å². The van der Waals surface area contributed by atoms with E-state index in [0.717, 1.165) is 22.0 Å². The van der Waals surface area contributed by atoms with E-state index in [4.69, 9.17) is 4.74 Å². The summed E-state index contributed by atoms with van der Waals surface area (Å²) in [6.45, 7) is 3.70. The molecule has 7 nitrogen and oxygen atoms in total. The fourth-order valence-electron chi connectivity index (χ4n) is 3.26. The van der Waals surface area contributed by atoms with Gasteiger partial charge >= 0.3 is 5.91 Å². The molecule has 0 spiro atoms. The van der Waals surface area contributed by atoms with Gasteiger partial charge in [0.2, 0.25) is 5.82 Å². The predicted octanol–water partition coefficient (Wildman–Crippen LogP) is 2.90. The largest absolute Gasteiger partial charge is 0.485 e. The zero-order chi connectivity index (χ0) is 22.1. The van der Waals surface area contributed by atoms with Crippen molar-refractivity contribution >= 4 is 37.8 Å². The molecule has 1 unspecified atom stereocenters. The molecule has 1 aliphatic rings. The van der Waals surface area contributed by atoms with Crippen molar-refractivity contribution in [2.24, 2.45) is 4.99 Å². The van der Waals surface area contributed by atoms with Crippen molar-refractivity contribution in [3.05, 3.63) is 65.6 Å². The third-order valence-corrected chi connectivity index (χ3v) is 5.36. The molecule has 0 radical (unpaired) electrons. The number of ether oxygens (including phenoxy) is 1. The Kier molecular flexibility index (Phi) is 5.61. The van der Waals surface area contributed by atoms with Gasteiger partial charge in [0.05, 0.1) is 11.4 Å². The van der Waals surface area contributed by atoms with Gasteiger partial charge < -0.3 is 9.64 Å². The maximum Gasteiger partial charge on any atom is 0.315 e. The minimum Gasteiger partial charge on any atom is -0.485 e. The summed E-state index contributed by atoms with van der Waals surface area (Å²) in [7, 11) is 4.25. The van der Waals surface area contributed by atoms with Crippen molar-refractivity contribution in [2.75, 3.05) is 18.6 Å². The third-order valence-electron chi connectivity index (χ3n) is 4.98. The topological polar surface area (TPSA) is 84.7 Å². The summed E-state index contributed by atoms with van der Waals surface area (Å²) < 4.78 is 5.75. The molecular formula is C23H21N4O3P. The fourth-order valence-corrected chi connectivity index (χ4v) is 3.45.